The normalized spacial score (nSPS) is 17.8. The van der Waals surface area contributed by atoms with Crippen LogP contribution in [0.1, 0.15) is 25.3 Å². The van der Waals surface area contributed by atoms with Gasteiger partial charge < -0.3 is 5.32 Å². The third kappa shape index (κ3) is 5.81. The van der Waals surface area contributed by atoms with Crippen molar-refractivity contribution >= 4 is 27.3 Å². The van der Waals surface area contributed by atoms with Crippen LogP contribution in [-0.2, 0) is 21.4 Å². The summed E-state index contributed by atoms with van der Waals surface area (Å²) in [5.74, 6) is -0.0116. The minimum absolute atomic E-state index is 0.0136. The second-order valence-corrected chi connectivity index (χ2v) is 9.14. The van der Waals surface area contributed by atoms with E-state index in [4.69, 9.17) is 0 Å². The molecule has 2 aromatic rings. The molecule has 0 aromatic heterocycles. The lowest BCUT2D eigenvalue weighted by Gasteiger charge is -2.32. The zero-order valence-corrected chi connectivity index (χ0v) is 16.9. The maximum absolute atomic E-state index is 12.7. The number of nitrogens with zero attached hydrogens (tertiary/aromatic N) is 1. The Morgan fingerprint density at radius 2 is 1.75 bits per heavy atom. The summed E-state index contributed by atoms with van der Waals surface area (Å²) in [6, 6.07) is 17.1. The van der Waals surface area contributed by atoms with Gasteiger partial charge in [-0.2, -0.15) is 0 Å². The molecule has 1 atom stereocenters. The van der Waals surface area contributed by atoms with Crippen LogP contribution in [0.3, 0.4) is 0 Å². The van der Waals surface area contributed by atoms with Crippen molar-refractivity contribution in [3.05, 3.63) is 60.2 Å². The van der Waals surface area contributed by atoms with Gasteiger partial charge in [0.2, 0.25) is 15.9 Å². The number of hydrogen-bond acceptors (Lipinski definition) is 4. The van der Waals surface area contributed by atoms with Gasteiger partial charge in [-0.25, -0.2) is 8.42 Å². The fourth-order valence-electron chi connectivity index (χ4n) is 3.37. The second kappa shape index (κ2) is 9.21. The Morgan fingerprint density at radius 1 is 1.07 bits per heavy atom. The average Bonchev–Trinajstić information content (AvgIpc) is 2.70. The highest BCUT2D eigenvalue weighted by atomic mass is 32.2. The van der Waals surface area contributed by atoms with Crippen LogP contribution < -0.4 is 10.0 Å². The van der Waals surface area contributed by atoms with Crippen molar-refractivity contribution in [3.63, 3.8) is 0 Å². The van der Waals surface area contributed by atoms with Gasteiger partial charge in [-0.1, -0.05) is 30.3 Å². The number of nitrogens with one attached hydrogen (secondary N) is 2. The van der Waals surface area contributed by atoms with Gasteiger partial charge >= 0.3 is 0 Å². The van der Waals surface area contributed by atoms with Crippen LogP contribution in [0.5, 0.6) is 0 Å². The fourth-order valence-corrected chi connectivity index (χ4v) is 4.01. The maximum Gasteiger partial charge on any atom is 0.232 e. The van der Waals surface area contributed by atoms with Crippen molar-refractivity contribution in [2.24, 2.45) is 5.92 Å². The SMILES string of the molecule is CCS(=O)(=O)Nc1ccc(NC(=O)C2CCCN(Cc3ccccc3)C2)cc1. The van der Waals surface area contributed by atoms with E-state index in [-0.39, 0.29) is 17.6 Å². The van der Waals surface area contributed by atoms with E-state index >= 15 is 0 Å². The highest BCUT2D eigenvalue weighted by molar-refractivity contribution is 7.92. The zero-order chi connectivity index (χ0) is 20.0. The molecule has 2 aromatic carbocycles. The van der Waals surface area contributed by atoms with Gasteiger partial charge in [0.05, 0.1) is 11.7 Å². The van der Waals surface area contributed by atoms with Crippen molar-refractivity contribution in [1.82, 2.24) is 4.90 Å². The third-order valence-electron chi connectivity index (χ3n) is 4.93. The van der Waals surface area contributed by atoms with Crippen LogP contribution in [0.15, 0.2) is 54.6 Å². The predicted molar refractivity (Wildman–Crippen MR) is 113 cm³/mol. The van der Waals surface area contributed by atoms with Crippen LogP contribution in [0.25, 0.3) is 0 Å². The van der Waals surface area contributed by atoms with Gasteiger partial charge in [-0.05, 0) is 56.1 Å². The number of anilines is 2. The van der Waals surface area contributed by atoms with E-state index in [9.17, 15) is 13.2 Å². The number of piperidine rings is 1. The molecule has 0 bridgehead atoms. The van der Waals surface area contributed by atoms with Gasteiger partial charge in [0.1, 0.15) is 0 Å². The molecule has 7 heteroatoms. The van der Waals surface area contributed by atoms with Gasteiger partial charge in [0, 0.05) is 24.5 Å². The van der Waals surface area contributed by atoms with E-state index in [0.717, 1.165) is 32.5 Å². The third-order valence-corrected chi connectivity index (χ3v) is 6.24. The first kappa shape index (κ1) is 20.4. The van der Waals surface area contributed by atoms with Crippen LogP contribution in [0.4, 0.5) is 11.4 Å². The summed E-state index contributed by atoms with van der Waals surface area (Å²) in [7, 11) is -3.30. The Hall–Kier alpha value is -2.38. The number of sulfonamides is 1. The summed E-state index contributed by atoms with van der Waals surface area (Å²) < 4.78 is 25.7. The Balaban J connectivity index is 1.55. The number of hydrogen-bond donors (Lipinski definition) is 2. The van der Waals surface area contributed by atoms with Crippen LogP contribution in [0.2, 0.25) is 0 Å². The van der Waals surface area contributed by atoms with Gasteiger partial charge in [0.25, 0.3) is 0 Å². The molecule has 1 unspecified atom stereocenters. The number of carbonyl (C=O) groups is 1. The first-order valence-corrected chi connectivity index (χ1v) is 11.3. The lowest BCUT2D eigenvalue weighted by atomic mass is 9.96. The highest BCUT2D eigenvalue weighted by Crippen LogP contribution is 2.21. The predicted octanol–water partition coefficient (Wildman–Crippen LogP) is 3.30. The molecule has 1 amide bonds. The van der Waals surface area contributed by atoms with E-state index in [0.29, 0.717) is 11.4 Å². The smallest absolute Gasteiger partial charge is 0.232 e. The van der Waals surface area contributed by atoms with E-state index < -0.39 is 10.0 Å². The van der Waals surface area contributed by atoms with Crippen molar-refractivity contribution in [3.8, 4) is 0 Å². The van der Waals surface area contributed by atoms with Crippen molar-refractivity contribution in [1.29, 1.82) is 0 Å². The Bertz CT molecular complexity index is 883. The monoisotopic (exact) mass is 401 g/mol. The average molecular weight is 402 g/mol. The molecular formula is C21H27N3O3S. The minimum atomic E-state index is -3.30. The molecule has 0 spiro atoms. The summed E-state index contributed by atoms with van der Waals surface area (Å²) in [5, 5.41) is 2.96. The van der Waals surface area contributed by atoms with Crippen molar-refractivity contribution < 1.29 is 13.2 Å². The van der Waals surface area contributed by atoms with Crippen LogP contribution >= 0.6 is 0 Å². The zero-order valence-electron chi connectivity index (χ0n) is 16.1. The van der Waals surface area contributed by atoms with Crippen molar-refractivity contribution in [2.75, 3.05) is 28.9 Å². The molecule has 1 fully saturated rings. The Labute approximate surface area is 167 Å². The molecule has 0 radical (unpaired) electrons. The first-order valence-electron chi connectivity index (χ1n) is 9.63. The summed E-state index contributed by atoms with van der Waals surface area (Å²) in [6.45, 7) is 4.19. The number of benzene rings is 2. The maximum atomic E-state index is 12.7. The van der Waals surface area contributed by atoms with E-state index in [1.54, 1.807) is 31.2 Å². The number of rotatable bonds is 7. The topological polar surface area (TPSA) is 78.5 Å². The summed E-state index contributed by atoms with van der Waals surface area (Å²) in [4.78, 5) is 15.0. The standard InChI is InChI=1S/C21H27N3O3S/c1-2-28(26,27)23-20-12-10-19(11-13-20)22-21(25)18-9-6-14-24(16-18)15-17-7-4-3-5-8-17/h3-5,7-8,10-13,18,23H,2,6,9,14-16H2,1H3,(H,22,25). The van der Waals surface area contributed by atoms with E-state index in [1.165, 1.54) is 5.56 Å². The Kier molecular flexibility index (Phi) is 6.70. The minimum Gasteiger partial charge on any atom is -0.326 e. The van der Waals surface area contributed by atoms with Crippen LogP contribution in [-0.4, -0.2) is 38.1 Å². The molecule has 150 valence electrons. The van der Waals surface area contributed by atoms with Crippen molar-refractivity contribution in [2.45, 2.75) is 26.3 Å². The van der Waals surface area contributed by atoms with E-state index in [2.05, 4.69) is 27.1 Å². The number of amides is 1. The summed E-state index contributed by atoms with van der Waals surface area (Å²) >= 11 is 0. The second-order valence-electron chi connectivity index (χ2n) is 7.13. The molecule has 1 aliphatic rings. The Morgan fingerprint density at radius 3 is 2.43 bits per heavy atom. The largest absolute Gasteiger partial charge is 0.326 e. The molecule has 1 saturated heterocycles. The molecule has 0 aliphatic carbocycles. The fraction of sp³-hybridized carbons (Fsp3) is 0.381. The first-order chi connectivity index (χ1) is 13.4. The summed E-state index contributed by atoms with van der Waals surface area (Å²) in [6.07, 6.45) is 1.88. The quantitative estimate of drug-likeness (QED) is 0.746. The van der Waals surface area contributed by atoms with Gasteiger partial charge in [-0.3, -0.25) is 14.4 Å². The molecule has 2 N–H and O–H groups in total. The number of likely N-dealkylation sites (tertiary alicyclic amines) is 1. The molecule has 1 heterocycles. The molecule has 6 nitrogen and oxygen atoms in total. The number of carbonyl (C=O) groups excluding carboxylic acids is 1. The van der Waals surface area contributed by atoms with Gasteiger partial charge in [-0.15, -0.1) is 0 Å². The highest BCUT2D eigenvalue weighted by Gasteiger charge is 2.25. The van der Waals surface area contributed by atoms with E-state index in [1.807, 2.05) is 18.2 Å². The molecule has 1 aliphatic heterocycles. The molecule has 0 saturated carbocycles. The summed E-state index contributed by atoms with van der Waals surface area (Å²) in [5.41, 5.74) is 2.42. The molecule has 3 rings (SSSR count). The molecule has 28 heavy (non-hydrogen) atoms. The lowest BCUT2D eigenvalue weighted by Crippen LogP contribution is -2.40. The van der Waals surface area contributed by atoms with Crippen LogP contribution in [0, 0.1) is 5.92 Å². The van der Waals surface area contributed by atoms with Gasteiger partial charge in [0.15, 0.2) is 0 Å². The molecular weight excluding hydrogens is 374 g/mol. The lowest BCUT2D eigenvalue weighted by molar-refractivity contribution is -0.121.